The van der Waals surface area contributed by atoms with E-state index >= 15 is 0 Å². The van der Waals surface area contributed by atoms with Gasteiger partial charge in [0.25, 0.3) is 0 Å². The number of aryl methyl sites for hydroxylation is 2. The van der Waals surface area contributed by atoms with Crippen LogP contribution in [0.5, 0.6) is 5.75 Å². The summed E-state index contributed by atoms with van der Waals surface area (Å²) in [6, 6.07) is 4.90. The van der Waals surface area contributed by atoms with E-state index in [1.165, 1.54) is 23.4 Å². The van der Waals surface area contributed by atoms with E-state index in [1.54, 1.807) is 35.8 Å². The van der Waals surface area contributed by atoms with Gasteiger partial charge in [0, 0.05) is 21.7 Å². The molecule has 1 aromatic carbocycles. The number of phenols is 1. The Bertz CT molecular complexity index is 613. The smallest absolute Gasteiger partial charge is 0.209 e. The Labute approximate surface area is 120 Å². The topological polar surface area (TPSA) is 45.5 Å². The fourth-order valence-corrected chi connectivity index (χ4v) is 3.32. The lowest BCUT2D eigenvalue weighted by Gasteiger charge is -2.06. The van der Waals surface area contributed by atoms with Crippen LogP contribution >= 0.6 is 22.9 Å². The molecule has 1 aromatic heterocycles. The van der Waals surface area contributed by atoms with Crippen molar-refractivity contribution in [2.45, 2.75) is 25.7 Å². The molecule has 0 radical (unpaired) electrons. The minimum atomic E-state index is 0.175. The van der Waals surface area contributed by atoms with E-state index in [0.29, 0.717) is 10.6 Å². The van der Waals surface area contributed by atoms with Crippen LogP contribution in [0.15, 0.2) is 23.2 Å². The van der Waals surface area contributed by atoms with Gasteiger partial charge >= 0.3 is 0 Å². The molecular weight excluding hydrogens is 280 g/mol. The van der Waals surface area contributed by atoms with E-state index in [1.807, 2.05) is 0 Å². The van der Waals surface area contributed by atoms with E-state index in [9.17, 15) is 5.11 Å². The van der Waals surface area contributed by atoms with Gasteiger partial charge in [-0.05, 0) is 43.9 Å². The second-order valence-electron chi connectivity index (χ2n) is 4.53. The average molecular weight is 293 g/mol. The lowest BCUT2D eigenvalue weighted by atomic mass is 10.0. The number of benzene rings is 1. The third-order valence-corrected chi connectivity index (χ3v) is 4.44. The molecule has 1 heterocycles. The van der Waals surface area contributed by atoms with E-state index < -0.39 is 0 Å². The highest BCUT2D eigenvalue weighted by atomic mass is 35.5. The van der Waals surface area contributed by atoms with Crippen molar-refractivity contribution < 1.29 is 5.11 Å². The number of thiazole rings is 1. The van der Waals surface area contributed by atoms with Gasteiger partial charge in [-0.2, -0.15) is 0 Å². The summed E-state index contributed by atoms with van der Waals surface area (Å²) in [5, 5.41) is 11.0. The number of rotatable bonds is 2. The Hall–Kier alpha value is -1.39. The zero-order chi connectivity index (χ0) is 13.2. The van der Waals surface area contributed by atoms with Crippen LogP contribution < -0.4 is 0 Å². The Balaban J connectivity index is 1.86. The molecule has 0 saturated carbocycles. The van der Waals surface area contributed by atoms with Gasteiger partial charge in [-0.15, -0.1) is 0 Å². The van der Waals surface area contributed by atoms with Crippen LogP contribution in [0.3, 0.4) is 0 Å². The molecule has 0 spiro atoms. The Kier molecular flexibility index (Phi) is 3.53. The fraction of sp³-hybridized carbons (Fsp3) is 0.286. The Morgan fingerprint density at radius 3 is 3.00 bits per heavy atom. The maximum absolute atomic E-state index is 9.71. The molecule has 1 N–H and O–H groups in total. The number of fused-ring (bicyclic) bond motifs is 1. The minimum Gasteiger partial charge on any atom is -0.507 e. The number of aromatic hydroxyl groups is 1. The van der Waals surface area contributed by atoms with Crippen molar-refractivity contribution in [3.63, 3.8) is 0 Å². The van der Waals surface area contributed by atoms with Crippen molar-refractivity contribution in [3.8, 4) is 5.75 Å². The molecule has 0 aliphatic heterocycles. The summed E-state index contributed by atoms with van der Waals surface area (Å²) in [6.45, 7) is 0. The molecule has 3 rings (SSSR count). The van der Waals surface area contributed by atoms with Gasteiger partial charge in [-0.3, -0.25) is 0 Å². The summed E-state index contributed by atoms with van der Waals surface area (Å²) in [7, 11) is 0. The summed E-state index contributed by atoms with van der Waals surface area (Å²) in [5.41, 5.74) is 1.80. The third kappa shape index (κ3) is 2.80. The van der Waals surface area contributed by atoms with Crippen LogP contribution in [0.2, 0.25) is 5.02 Å². The first-order valence-corrected chi connectivity index (χ1v) is 7.43. The number of aromatic nitrogens is 1. The lowest BCUT2D eigenvalue weighted by molar-refractivity contribution is 0.474. The molecule has 0 amide bonds. The Morgan fingerprint density at radius 1 is 1.32 bits per heavy atom. The van der Waals surface area contributed by atoms with Gasteiger partial charge in [0.1, 0.15) is 5.75 Å². The van der Waals surface area contributed by atoms with Gasteiger partial charge in [-0.1, -0.05) is 22.9 Å². The zero-order valence-corrected chi connectivity index (χ0v) is 11.8. The number of halogens is 1. The first-order chi connectivity index (χ1) is 9.22. The van der Waals surface area contributed by atoms with Gasteiger partial charge in [0.05, 0.1) is 5.69 Å². The number of hydrogen-bond acceptors (Lipinski definition) is 4. The average Bonchev–Trinajstić information content (AvgIpc) is 2.82. The second-order valence-corrected chi connectivity index (χ2v) is 6.03. The van der Waals surface area contributed by atoms with Gasteiger partial charge in [0.15, 0.2) is 0 Å². The highest BCUT2D eigenvalue weighted by Gasteiger charge is 2.14. The molecular formula is C14H13ClN2OS. The highest BCUT2D eigenvalue weighted by molar-refractivity contribution is 7.15. The van der Waals surface area contributed by atoms with Gasteiger partial charge < -0.3 is 5.11 Å². The van der Waals surface area contributed by atoms with Crippen molar-refractivity contribution in [1.29, 1.82) is 0 Å². The maximum atomic E-state index is 9.71. The molecule has 0 unspecified atom stereocenters. The molecule has 0 saturated heterocycles. The number of hydrogen-bond donors (Lipinski definition) is 1. The van der Waals surface area contributed by atoms with Crippen molar-refractivity contribution in [2.24, 2.45) is 4.99 Å². The normalized spacial score (nSPS) is 14.8. The lowest BCUT2D eigenvalue weighted by Crippen LogP contribution is -1.98. The predicted octanol–water partition coefficient (Wildman–Crippen LogP) is 4.13. The van der Waals surface area contributed by atoms with Crippen molar-refractivity contribution in [3.05, 3.63) is 39.4 Å². The summed E-state index contributed by atoms with van der Waals surface area (Å²) in [4.78, 5) is 10.2. The number of phenolic OH excluding ortho intramolecular Hbond substituents is 1. The van der Waals surface area contributed by atoms with Crippen LogP contribution in [-0.4, -0.2) is 16.3 Å². The quantitative estimate of drug-likeness (QED) is 0.846. The summed E-state index contributed by atoms with van der Waals surface area (Å²) in [5.74, 6) is 0.175. The summed E-state index contributed by atoms with van der Waals surface area (Å²) in [6.07, 6.45) is 6.25. The van der Waals surface area contributed by atoms with Crippen LogP contribution in [-0.2, 0) is 12.8 Å². The van der Waals surface area contributed by atoms with E-state index in [4.69, 9.17) is 11.6 Å². The van der Waals surface area contributed by atoms with E-state index in [-0.39, 0.29) is 5.75 Å². The monoisotopic (exact) mass is 292 g/mol. The second kappa shape index (κ2) is 5.31. The molecule has 98 valence electrons. The summed E-state index contributed by atoms with van der Waals surface area (Å²) >= 11 is 7.54. The molecule has 0 atom stereocenters. The molecule has 19 heavy (non-hydrogen) atoms. The van der Waals surface area contributed by atoms with Gasteiger partial charge in [0.2, 0.25) is 5.13 Å². The summed E-state index contributed by atoms with van der Waals surface area (Å²) < 4.78 is 0. The molecule has 0 bridgehead atoms. The molecule has 0 fully saturated rings. The van der Waals surface area contributed by atoms with Crippen molar-refractivity contribution in [1.82, 2.24) is 4.98 Å². The number of nitrogens with zero attached hydrogens (tertiary/aromatic N) is 2. The van der Waals surface area contributed by atoms with Crippen LogP contribution in [0, 0.1) is 0 Å². The maximum Gasteiger partial charge on any atom is 0.209 e. The minimum absolute atomic E-state index is 0.175. The first kappa shape index (κ1) is 12.6. The third-order valence-electron chi connectivity index (χ3n) is 3.14. The highest BCUT2D eigenvalue weighted by Crippen LogP contribution is 2.31. The molecule has 5 heteroatoms. The molecule has 1 aliphatic rings. The van der Waals surface area contributed by atoms with Gasteiger partial charge in [-0.25, -0.2) is 9.98 Å². The molecule has 1 aliphatic carbocycles. The predicted molar refractivity (Wildman–Crippen MR) is 79.1 cm³/mol. The van der Waals surface area contributed by atoms with Crippen molar-refractivity contribution >= 4 is 34.3 Å². The Morgan fingerprint density at radius 2 is 2.16 bits per heavy atom. The largest absolute Gasteiger partial charge is 0.507 e. The van der Waals surface area contributed by atoms with Crippen molar-refractivity contribution in [2.75, 3.05) is 0 Å². The first-order valence-electron chi connectivity index (χ1n) is 6.23. The SMILES string of the molecule is Oc1ccc(Cl)cc1C=Nc1nc2c(s1)CCCC2. The molecule has 2 aromatic rings. The number of aliphatic imine (C=N–C) groups is 1. The van der Waals surface area contributed by atoms with Crippen LogP contribution in [0.4, 0.5) is 5.13 Å². The standard InChI is InChI=1S/C14H13ClN2OS/c15-10-5-6-12(18)9(7-10)8-16-14-17-11-3-1-2-4-13(11)19-14/h5-8,18H,1-4H2. The fourth-order valence-electron chi connectivity index (χ4n) is 2.15. The van der Waals surface area contributed by atoms with E-state index in [2.05, 4.69) is 9.98 Å². The zero-order valence-electron chi connectivity index (χ0n) is 10.3. The van der Waals surface area contributed by atoms with Crippen LogP contribution in [0.1, 0.15) is 29.0 Å². The van der Waals surface area contributed by atoms with Crippen LogP contribution in [0.25, 0.3) is 0 Å². The molecule has 3 nitrogen and oxygen atoms in total. The van der Waals surface area contributed by atoms with E-state index in [0.717, 1.165) is 18.0 Å².